The van der Waals surface area contributed by atoms with E-state index in [9.17, 15) is 9.59 Å². The van der Waals surface area contributed by atoms with Gasteiger partial charge in [-0.15, -0.1) is 0 Å². The van der Waals surface area contributed by atoms with Crippen molar-refractivity contribution < 1.29 is 19.4 Å². The molecule has 1 atom stereocenters. The molecule has 0 bridgehead atoms. The first kappa shape index (κ1) is 13.9. The van der Waals surface area contributed by atoms with Crippen LogP contribution in [0.15, 0.2) is 0 Å². The Hall–Kier alpha value is -1.14. The first-order chi connectivity index (χ1) is 7.07. The summed E-state index contributed by atoms with van der Waals surface area (Å²) in [7, 11) is 0. The molecule has 15 heavy (non-hydrogen) atoms. The maximum absolute atomic E-state index is 11.2. The molecule has 0 saturated carbocycles. The van der Waals surface area contributed by atoms with Gasteiger partial charge in [-0.2, -0.15) is 0 Å². The highest BCUT2D eigenvalue weighted by atomic mass is 16.5. The SMILES string of the molecule is CCC[C@H](N)C(=O)NCCOCC(=O)O. The summed E-state index contributed by atoms with van der Waals surface area (Å²) in [5, 5.41) is 10.8. The molecule has 0 rings (SSSR count). The van der Waals surface area contributed by atoms with Gasteiger partial charge in [0.05, 0.1) is 12.6 Å². The molecular formula is C9H18N2O4. The normalized spacial score (nSPS) is 12.1. The average molecular weight is 218 g/mol. The van der Waals surface area contributed by atoms with E-state index >= 15 is 0 Å². The quantitative estimate of drug-likeness (QED) is 0.469. The molecule has 6 heteroatoms. The summed E-state index contributed by atoms with van der Waals surface area (Å²) in [6.45, 7) is 2.06. The molecule has 6 nitrogen and oxygen atoms in total. The summed E-state index contributed by atoms with van der Waals surface area (Å²) < 4.78 is 4.73. The van der Waals surface area contributed by atoms with Crippen molar-refractivity contribution in [3.05, 3.63) is 0 Å². The Labute approximate surface area is 88.8 Å². The van der Waals surface area contributed by atoms with Crippen LogP contribution in [0, 0.1) is 0 Å². The maximum Gasteiger partial charge on any atom is 0.329 e. The van der Waals surface area contributed by atoms with E-state index in [1.54, 1.807) is 0 Å². The van der Waals surface area contributed by atoms with Gasteiger partial charge in [0.2, 0.25) is 5.91 Å². The molecule has 0 radical (unpaired) electrons. The second-order valence-corrected chi connectivity index (χ2v) is 3.13. The zero-order valence-corrected chi connectivity index (χ0v) is 8.86. The smallest absolute Gasteiger partial charge is 0.329 e. The topological polar surface area (TPSA) is 102 Å². The van der Waals surface area contributed by atoms with Crippen LogP contribution in [0.3, 0.4) is 0 Å². The van der Waals surface area contributed by atoms with Crippen LogP contribution in [0.2, 0.25) is 0 Å². The number of nitrogens with two attached hydrogens (primary N) is 1. The van der Waals surface area contributed by atoms with E-state index in [1.165, 1.54) is 0 Å². The Morgan fingerprint density at radius 3 is 2.73 bits per heavy atom. The first-order valence-electron chi connectivity index (χ1n) is 4.90. The molecule has 0 aliphatic heterocycles. The van der Waals surface area contributed by atoms with Crippen LogP contribution in [0.25, 0.3) is 0 Å². The molecule has 0 aliphatic rings. The summed E-state index contributed by atoms with van der Waals surface area (Å²) in [5.41, 5.74) is 5.54. The van der Waals surface area contributed by atoms with Crippen molar-refractivity contribution in [2.75, 3.05) is 19.8 Å². The number of carbonyl (C=O) groups excluding carboxylic acids is 1. The van der Waals surface area contributed by atoms with Crippen molar-refractivity contribution in [3.8, 4) is 0 Å². The maximum atomic E-state index is 11.2. The minimum Gasteiger partial charge on any atom is -0.480 e. The number of rotatable bonds is 8. The minimum atomic E-state index is -1.02. The fraction of sp³-hybridized carbons (Fsp3) is 0.778. The van der Waals surface area contributed by atoms with E-state index in [2.05, 4.69) is 5.32 Å². The molecule has 1 amide bonds. The number of amides is 1. The first-order valence-corrected chi connectivity index (χ1v) is 4.90. The van der Waals surface area contributed by atoms with E-state index in [0.29, 0.717) is 6.42 Å². The molecule has 0 aromatic heterocycles. The van der Waals surface area contributed by atoms with Crippen molar-refractivity contribution in [2.24, 2.45) is 5.73 Å². The van der Waals surface area contributed by atoms with Gasteiger partial charge in [0, 0.05) is 6.54 Å². The number of carboxylic acids is 1. The molecule has 0 saturated heterocycles. The fourth-order valence-electron chi connectivity index (χ4n) is 0.979. The third-order valence-corrected chi connectivity index (χ3v) is 1.71. The number of nitrogens with one attached hydrogen (secondary N) is 1. The third kappa shape index (κ3) is 7.90. The van der Waals surface area contributed by atoms with Gasteiger partial charge in [0.15, 0.2) is 0 Å². The fourth-order valence-corrected chi connectivity index (χ4v) is 0.979. The van der Waals surface area contributed by atoms with Crippen LogP contribution in [0.4, 0.5) is 0 Å². The zero-order chi connectivity index (χ0) is 11.7. The number of carboxylic acid groups (broad SMARTS) is 1. The highest BCUT2D eigenvalue weighted by Crippen LogP contribution is 1.92. The molecule has 0 heterocycles. The van der Waals surface area contributed by atoms with Crippen molar-refractivity contribution in [1.82, 2.24) is 5.32 Å². The van der Waals surface area contributed by atoms with Gasteiger partial charge in [0.25, 0.3) is 0 Å². The second kappa shape index (κ2) is 8.19. The average Bonchev–Trinajstić information content (AvgIpc) is 2.16. The molecule has 0 fully saturated rings. The van der Waals surface area contributed by atoms with Gasteiger partial charge in [0.1, 0.15) is 6.61 Å². The Morgan fingerprint density at radius 1 is 1.53 bits per heavy atom. The number of carbonyl (C=O) groups is 2. The Bertz CT molecular complexity index is 208. The predicted octanol–water partition coefficient (Wildman–Crippen LogP) is -0.669. The summed E-state index contributed by atoms with van der Waals surface area (Å²) in [5.74, 6) is -1.25. The van der Waals surface area contributed by atoms with E-state index in [4.69, 9.17) is 15.6 Å². The molecular weight excluding hydrogens is 200 g/mol. The number of hydrogen-bond acceptors (Lipinski definition) is 4. The van der Waals surface area contributed by atoms with Crippen LogP contribution in [-0.4, -0.2) is 42.8 Å². The van der Waals surface area contributed by atoms with Crippen LogP contribution in [0.5, 0.6) is 0 Å². The van der Waals surface area contributed by atoms with E-state index < -0.39 is 12.0 Å². The van der Waals surface area contributed by atoms with Gasteiger partial charge in [-0.25, -0.2) is 4.79 Å². The minimum absolute atomic E-state index is 0.177. The van der Waals surface area contributed by atoms with Gasteiger partial charge in [-0.3, -0.25) is 4.79 Å². The summed E-state index contributed by atoms with van der Waals surface area (Å²) >= 11 is 0. The standard InChI is InChI=1S/C9H18N2O4/c1-2-3-7(10)9(14)11-4-5-15-6-8(12)13/h7H,2-6,10H2,1H3,(H,11,14)(H,12,13)/t7-/m0/s1. The Kier molecular flexibility index (Phi) is 7.57. The lowest BCUT2D eigenvalue weighted by Gasteiger charge is -2.10. The summed E-state index contributed by atoms with van der Waals surface area (Å²) in [4.78, 5) is 21.3. The molecule has 88 valence electrons. The van der Waals surface area contributed by atoms with Crippen LogP contribution in [0.1, 0.15) is 19.8 Å². The monoisotopic (exact) mass is 218 g/mol. The van der Waals surface area contributed by atoms with E-state index in [-0.39, 0.29) is 25.7 Å². The number of hydrogen-bond donors (Lipinski definition) is 3. The van der Waals surface area contributed by atoms with Crippen LogP contribution >= 0.6 is 0 Å². The zero-order valence-electron chi connectivity index (χ0n) is 8.86. The van der Waals surface area contributed by atoms with Crippen molar-refractivity contribution >= 4 is 11.9 Å². The molecule has 0 aromatic rings. The van der Waals surface area contributed by atoms with E-state index in [1.807, 2.05) is 6.92 Å². The predicted molar refractivity (Wildman–Crippen MR) is 54.3 cm³/mol. The summed E-state index contributed by atoms with van der Waals surface area (Å²) in [6, 6.07) is -0.491. The second-order valence-electron chi connectivity index (χ2n) is 3.13. The van der Waals surface area contributed by atoms with Gasteiger partial charge in [-0.1, -0.05) is 13.3 Å². The summed E-state index contributed by atoms with van der Waals surface area (Å²) in [6.07, 6.45) is 1.49. The lowest BCUT2D eigenvalue weighted by molar-refractivity contribution is -0.142. The van der Waals surface area contributed by atoms with Gasteiger partial charge >= 0.3 is 5.97 Å². The third-order valence-electron chi connectivity index (χ3n) is 1.71. The highest BCUT2D eigenvalue weighted by molar-refractivity contribution is 5.81. The largest absolute Gasteiger partial charge is 0.480 e. The molecule has 4 N–H and O–H groups in total. The molecule has 0 aromatic carbocycles. The Balaban J connectivity index is 3.42. The van der Waals surface area contributed by atoms with Gasteiger partial charge < -0.3 is 20.9 Å². The highest BCUT2D eigenvalue weighted by Gasteiger charge is 2.10. The number of aliphatic carboxylic acids is 1. The van der Waals surface area contributed by atoms with Crippen molar-refractivity contribution in [2.45, 2.75) is 25.8 Å². The van der Waals surface area contributed by atoms with E-state index in [0.717, 1.165) is 6.42 Å². The molecule has 0 unspecified atom stereocenters. The van der Waals surface area contributed by atoms with Crippen LogP contribution in [-0.2, 0) is 14.3 Å². The van der Waals surface area contributed by atoms with Crippen LogP contribution < -0.4 is 11.1 Å². The number of ether oxygens (including phenoxy) is 1. The lowest BCUT2D eigenvalue weighted by Crippen LogP contribution is -2.41. The van der Waals surface area contributed by atoms with Crippen molar-refractivity contribution in [1.29, 1.82) is 0 Å². The van der Waals surface area contributed by atoms with Crippen molar-refractivity contribution in [3.63, 3.8) is 0 Å². The Morgan fingerprint density at radius 2 is 2.20 bits per heavy atom. The van der Waals surface area contributed by atoms with Gasteiger partial charge in [-0.05, 0) is 6.42 Å². The lowest BCUT2D eigenvalue weighted by atomic mass is 10.2. The molecule has 0 spiro atoms. The molecule has 0 aliphatic carbocycles.